The molecule has 18 heavy (non-hydrogen) atoms. The topological polar surface area (TPSA) is 46.5 Å². The summed E-state index contributed by atoms with van der Waals surface area (Å²) in [6.45, 7) is 9.64. The van der Waals surface area contributed by atoms with E-state index in [2.05, 4.69) is 37.8 Å². The van der Waals surface area contributed by atoms with Crippen molar-refractivity contribution in [3.05, 3.63) is 11.3 Å². The second kappa shape index (κ2) is 9.38. The van der Waals surface area contributed by atoms with Crippen molar-refractivity contribution in [2.45, 2.75) is 57.9 Å². The molecule has 0 atom stereocenters. The molecule has 0 fully saturated rings. The molecule has 0 saturated carbocycles. The summed E-state index contributed by atoms with van der Waals surface area (Å²) in [5.41, 5.74) is 0. The minimum Gasteiger partial charge on any atom is -0.450 e. The Kier molecular flexibility index (Phi) is 9.09. The molecule has 106 valence electrons. The van der Waals surface area contributed by atoms with Gasteiger partial charge in [0.15, 0.2) is 0 Å². The van der Waals surface area contributed by atoms with Gasteiger partial charge in [0.05, 0.1) is 6.61 Å². The lowest BCUT2D eigenvalue weighted by molar-refractivity contribution is 0.0904. The van der Waals surface area contributed by atoms with Gasteiger partial charge in [-0.1, -0.05) is 48.9 Å². The average molecular weight is 289 g/mol. The molecule has 0 aromatic carbocycles. The molecule has 0 aliphatic heterocycles. The number of unbranched alkanes of at least 4 members (excludes halogenated alkanes) is 1. The van der Waals surface area contributed by atoms with Gasteiger partial charge < -0.3 is 9.84 Å². The maximum Gasteiger partial charge on any atom is 0.505 e. The summed E-state index contributed by atoms with van der Waals surface area (Å²) in [6, 6.07) is 4.14. The molecule has 0 radical (unpaired) electrons. The van der Waals surface area contributed by atoms with Gasteiger partial charge in [-0.15, -0.1) is 0 Å². The average Bonchev–Trinajstić information content (AvgIpc) is 2.27. The zero-order valence-electron chi connectivity index (χ0n) is 12.3. The SMILES string of the molecule is CC=C(C)[SiH2]CC[Si](C)(C)CCCCOC(=O)O. The largest absolute Gasteiger partial charge is 0.505 e. The summed E-state index contributed by atoms with van der Waals surface area (Å²) in [5, 5.41) is 9.97. The second-order valence-electron chi connectivity index (χ2n) is 5.72. The molecule has 5 heteroatoms. The summed E-state index contributed by atoms with van der Waals surface area (Å²) in [6.07, 6.45) is 3.08. The Bertz CT molecular complexity index is 275. The Hall–Kier alpha value is -0.556. The zero-order valence-corrected chi connectivity index (χ0v) is 14.7. The first kappa shape index (κ1) is 17.4. The Morgan fingerprint density at radius 2 is 2.00 bits per heavy atom. The number of hydrogen-bond acceptors (Lipinski definition) is 2. The summed E-state index contributed by atoms with van der Waals surface area (Å²) in [5.74, 6) is 0. The predicted molar refractivity (Wildman–Crippen MR) is 83.1 cm³/mol. The van der Waals surface area contributed by atoms with Crippen LogP contribution in [0.25, 0.3) is 0 Å². The van der Waals surface area contributed by atoms with Crippen LogP contribution in [0.5, 0.6) is 0 Å². The first-order valence-corrected chi connectivity index (χ1v) is 12.0. The number of ether oxygens (including phenoxy) is 1. The van der Waals surface area contributed by atoms with Gasteiger partial charge in [-0.05, 0) is 20.3 Å². The van der Waals surface area contributed by atoms with E-state index < -0.39 is 14.2 Å². The molecule has 1 N–H and O–H groups in total. The Labute approximate surface area is 114 Å². The van der Waals surface area contributed by atoms with Crippen LogP contribution in [0.2, 0.25) is 31.2 Å². The molecule has 0 saturated heterocycles. The molecular formula is C13H28O3Si2. The van der Waals surface area contributed by atoms with Crippen LogP contribution in [0.1, 0.15) is 26.7 Å². The lowest BCUT2D eigenvalue weighted by atomic mass is 10.4. The van der Waals surface area contributed by atoms with E-state index in [9.17, 15) is 4.79 Å². The molecule has 0 aliphatic carbocycles. The highest BCUT2D eigenvalue weighted by atomic mass is 28.3. The van der Waals surface area contributed by atoms with Crippen LogP contribution in [-0.4, -0.2) is 35.5 Å². The van der Waals surface area contributed by atoms with E-state index in [0.29, 0.717) is 6.61 Å². The first-order valence-electron chi connectivity index (χ1n) is 6.85. The first-order chi connectivity index (χ1) is 8.37. The van der Waals surface area contributed by atoms with Crippen molar-refractivity contribution >= 4 is 23.7 Å². The molecule has 0 bridgehead atoms. The summed E-state index contributed by atoms with van der Waals surface area (Å²) >= 11 is 0. The van der Waals surface area contributed by atoms with Crippen molar-refractivity contribution in [3.8, 4) is 0 Å². The van der Waals surface area contributed by atoms with E-state index in [0.717, 1.165) is 12.8 Å². The summed E-state index contributed by atoms with van der Waals surface area (Å²) in [7, 11) is -1.05. The highest BCUT2D eigenvalue weighted by molar-refractivity contribution is 6.78. The molecule has 0 aliphatic rings. The maximum atomic E-state index is 10.2. The van der Waals surface area contributed by atoms with Gasteiger partial charge in [0.1, 0.15) is 0 Å². The Balaban J connectivity index is 3.63. The highest BCUT2D eigenvalue weighted by Gasteiger charge is 2.19. The van der Waals surface area contributed by atoms with Crippen LogP contribution >= 0.6 is 0 Å². The van der Waals surface area contributed by atoms with Crippen molar-refractivity contribution in [2.24, 2.45) is 0 Å². The standard InChI is InChI=1S/C13H28O3Si2/c1-5-12(2)17-9-11-18(3,4)10-7-6-8-16-13(14)15/h5H,6-11,17H2,1-4H3,(H,14,15). The molecular weight excluding hydrogens is 260 g/mol. The molecule has 0 aromatic heterocycles. The Morgan fingerprint density at radius 1 is 1.33 bits per heavy atom. The van der Waals surface area contributed by atoms with Gasteiger partial charge in [-0.25, -0.2) is 4.79 Å². The van der Waals surface area contributed by atoms with Crippen LogP contribution in [0.3, 0.4) is 0 Å². The third-order valence-corrected chi connectivity index (χ3v) is 9.42. The molecule has 0 heterocycles. The fraction of sp³-hybridized carbons (Fsp3) is 0.769. The maximum absolute atomic E-state index is 10.2. The van der Waals surface area contributed by atoms with Gasteiger partial charge in [-0.3, -0.25) is 0 Å². The molecule has 0 rings (SSSR count). The van der Waals surface area contributed by atoms with Gasteiger partial charge in [0.2, 0.25) is 0 Å². The summed E-state index contributed by atoms with van der Waals surface area (Å²) in [4.78, 5) is 10.2. The van der Waals surface area contributed by atoms with Crippen LogP contribution in [0.4, 0.5) is 4.79 Å². The van der Waals surface area contributed by atoms with E-state index in [1.807, 2.05) is 0 Å². The molecule has 0 aromatic rings. The Morgan fingerprint density at radius 3 is 2.56 bits per heavy atom. The normalized spacial score (nSPS) is 13.2. The highest BCUT2D eigenvalue weighted by Crippen LogP contribution is 2.21. The van der Waals surface area contributed by atoms with E-state index >= 15 is 0 Å². The van der Waals surface area contributed by atoms with E-state index in [1.165, 1.54) is 18.1 Å². The summed E-state index contributed by atoms with van der Waals surface area (Å²) < 4.78 is 4.52. The minimum atomic E-state index is -1.15. The van der Waals surface area contributed by atoms with Crippen LogP contribution in [-0.2, 0) is 4.74 Å². The monoisotopic (exact) mass is 288 g/mol. The van der Waals surface area contributed by atoms with Gasteiger partial charge in [0, 0.05) is 17.6 Å². The lowest BCUT2D eigenvalue weighted by Crippen LogP contribution is -2.25. The number of carbonyl (C=O) groups is 1. The third-order valence-electron chi connectivity index (χ3n) is 3.39. The van der Waals surface area contributed by atoms with E-state index in [-0.39, 0.29) is 9.52 Å². The number of hydrogen-bond donors (Lipinski definition) is 1. The number of carboxylic acid groups (broad SMARTS) is 1. The van der Waals surface area contributed by atoms with Crippen LogP contribution in [0.15, 0.2) is 11.3 Å². The fourth-order valence-corrected chi connectivity index (χ4v) is 8.82. The van der Waals surface area contributed by atoms with Crippen molar-refractivity contribution in [1.82, 2.24) is 0 Å². The van der Waals surface area contributed by atoms with Crippen molar-refractivity contribution < 1.29 is 14.6 Å². The predicted octanol–water partition coefficient (Wildman–Crippen LogP) is 3.68. The zero-order chi connectivity index (χ0) is 14.0. The molecule has 0 unspecified atom stereocenters. The minimum absolute atomic E-state index is 0.00564. The quantitative estimate of drug-likeness (QED) is 0.400. The van der Waals surface area contributed by atoms with Gasteiger partial charge >= 0.3 is 6.16 Å². The van der Waals surface area contributed by atoms with Crippen molar-refractivity contribution in [1.29, 1.82) is 0 Å². The van der Waals surface area contributed by atoms with Gasteiger partial charge in [-0.2, -0.15) is 0 Å². The van der Waals surface area contributed by atoms with Gasteiger partial charge in [0.25, 0.3) is 0 Å². The molecule has 0 amide bonds. The van der Waals surface area contributed by atoms with Crippen molar-refractivity contribution in [3.63, 3.8) is 0 Å². The number of allylic oxidation sites excluding steroid dienone is 2. The molecule has 3 nitrogen and oxygen atoms in total. The number of rotatable bonds is 9. The van der Waals surface area contributed by atoms with E-state index in [1.54, 1.807) is 5.20 Å². The van der Waals surface area contributed by atoms with Crippen LogP contribution in [0, 0.1) is 0 Å². The van der Waals surface area contributed by atoms with Crippen molar-refractivity contribution in [2.75, 3.05) is 6.61 Å². The second-order valence-corrected chi connectivity index (χ2v) is 13.4. The van der Waals surface area contributed by atoms with E-state index in [4.69, 9.17) is 5.11 Å². The lowest BCUT2D eigenvalue weighted by Gasteiger charge is -2.22. The third kappa shape index (κ3) is 10.6. The molecule has 0 spiro atoms. The smallest absolute Gasteiger partial charge is 0.450 e. The fourth-order valence-electron chi connectivity index (χ4n) is 1.98. The van der Waals surface area contributed by atoms with Crippen LogP contribution < -0.4 is 0 Å².